The summed E-state index contributed by atoms with van der Waals surface area (Å²) in [5.74, 6) is 1.62. The van der Waals surface area contributed by atoms with E-state index < -0.39 is 0 Å². The monoisotopic (exact) mass is 354 g/mol. The van der Waals surface area contributed by atoms with Gasteiger partial charge in [-0.15, -0.1) is 0 Å². The van der Waals surface area contributed by atoms with Crippen LogP contribution < -0.4 is 5.32 Å². The van der Waals surface area contributed by atoms with Crippen molar-refractivity contribution in [1.29, 1.82) is 0 Å². The fraction of sp³-hybridized carbons (Fsp3) is 0.550. The third kappa shape index (κ3) is 5.22. The topological polar surface area (TPSA) is 57.2 Å². The van der Waals surface area contributed by atoms with Gasteiger partial charge in [-0.05, 0) is 46.4 Å². The highest BCUT2D eigenvalue weighted by atomic mass is 15.2. The molecule has 0 aliphatic carbocycles. The second-order valence-electron chi connectivity index (χ2n) is 7.86. The zero-order valence-electron chi connectivity index (χ0n) is 16.4. The van der Waals surface area contributed by atoms with Gasteiger partial charge >= 0.3 is 0 Å². The molecule has 2 aromatic heterocycles. The van der Waals surface area contributed by atoms with Crippen LogP contribution in [-0.2, 0) is 0 Å². The molecular formula is C20H30N6. The lowest BCUT2D eigenvalue weighted by molar-refractivity contribution is 0.147. The number of rotatable bonds is 6. The fourth-order valence-electron chi connectivity index (χ4n) is 3.18. The van der Waals surface area contributed by atoms with Crippen LogP contribution in [0.1, 0.15) is 26.0 Å². The Labute approximate surface area is 156 Å². The lowest BCUT2D eigenvalue weighted by atomic mass is 10.00. The van der Waals surface area contributed by atoms with Crippen LogP contribution in [0.15, 0.2) is 30.6 Å². The van der Waals surface area contributed by atoms with E-state index in [-0.39, 0.29) is 5.54 Å². The molecule has 2 aromatic rings. The first kappa shape index (κ1) is 18.7. The lowest BCUT2D eigenvalue weighted by Gasteiger charge is -2.35. The predicted octanol–water partition coefficient (Wildman–Crippen LogP) is 2.68. The number of pyridine rings is 1. The largest absolute Gasteiger partial charge is 0.365 e. The summed E-state index contributed by atoms with van der Waals surface area (Å²) < 4.78 is 0. The Morgan fingerprint density at radius 1 is 1.08 bits per heavy atom. The SMILES string of the molecule is Cc1cc(NC(C)(C)CCN2CCN(C)CC2)nc(-c2ccncc2)n1. The van der Waals surface area contributed by atoms with Gasteiger partial charge in [0, 0.05) is 68.0 Å². The second kappa shape index (κ2) is 8.10. The minimum atomic E-state index is -0.0281. The standard InChI is InChI=1S/C20H30N6/c1-16-15-18(23-19(22-16)17-5-8-21-9-6-17)24-20(2,3)7-10-26-13-11-25(4)12-14-26/h5-6,8-9,15H,7,10-14H2,1-4H3,(H,22,23,24). The Kier molecular flexibility index (Phi) is 5.84. The van der Waals surface area contributed by atoms with Crippen molar-refractivity contribution in [3.05, 3.63) is 36.3 Å². The van der Waals surface area contributed by atoms with Crippen molar-refractivity contribution in [2.75, 3.05) is 45.1 Å². The van der Waals surface area contributed by atoms with Crippen molar-refractivity contribution >= 4 is 5.82 Å². The molecule has 6 heteroatoms. The molecule has 0 spiro atoms. The first-order chi connectivity index (χ1) is 12.4. The van der Waals surface area contributed by atoms with Crippen LogP contribution in [0.25, 0.3) is 11.4 Å². The normalized spacial score (nSPS) is 16.6. The summed E-state index contributed by atoms with van der Waals surface area (Å²) in [6, 6.07) is 5.90. The quantitative estimate of drug-likeness (QED) is 0.861. The highest BCUT2D eigenvalue weighted by Crippen LogP contribution is 2.21. The number of hydrogen-bond donors (Lipinski definition) is 1. The van der Waals surface area contributed by atoms with Crippen LogP contribution in [0.2, 0.25) is 0 Å². The number of aromatic nitrogens is 3. The molecule has 6 nitrogen and oxygen atoms in total. The zero-order valence-corrected chi connectivity index (χ0v) is 16.4. The first-order valence-electron chi connectivity index (χ1n) is 9.36. The summed E-state index contributed by atoms with van der Waals surface area (Å²) in [6.45, 7) is 12.2. The van der Waals surface area contributed by atoms with E-state index in [0.29, 0.717) is 0 Å². The van der Waals surface area contributed by atoms with E-state index in [0.717, 1.165) is 62.0 Å². The van der Waals surface area contributed by atoms with Gasteiger partial charge in [-0.1, -0.05) is 0 Å². The molecule has 0 saturated carbocycles. The van der Waals surface area contributed by atoms with E-state index in [1.807, 2.05) is 25.1 Å². The van der Waals surface area contributed by atoms with Gasteiger partial charge in [0.1, 0.15) is 5.82 Å². The Morgan fingerprint density at radius 3 is 2.46 bits per heavy atom. The molecule has 0 bridgehead atoms. The maximum atomic E-state index is 4.72. The smallest absolute Gasteiger partial charge is 0.161 e. The molecule has 1 aliphatic heterocycles. The molecular weight excluding hydrogens is 324 g/mol. The molecule has 1 fully saturated rings. The molecule has 1 N–H and O–H groups in total. The zero-order chi connectivity index (χ0) is 18.6. The van der Waals surface area contributed by atoms with Crippen LogP contribution >= 0.6 is 0 Å². The lowest BCUT2D eigenvalue weighted by Crippen LogP contribution is -2.46. The molecule has 26 heavy (non-hydrogen) atoms. The Morgan fingerprint density at radius 2 is 1.77 bits per heavy atom. The summed E-state index contributed by atoms with van der Waals surface area (Å²) in [5, 5.41) is 3.61. The Bertz CT molecular complexity index is 707. The van der Waals surface area contributed by atoms with Gasteiger partial charge in [0.15, 0.2) is 5.82 Å². The van der Waals surface area contributed by atoms with Gasteiger partial charge in [-0.3, -0.25) is 4.98 Å². The van der Waals surface area contributed by atoms with Gasteiger partial charge in [-0.25, -0.2) is 9.97 Å². The van der Waals surface area contributed by atoms with Gasteiger partial charge in [-0.2, -0.15) is 0 Å². The summed E-state index contributed by atoms with van der Waals surface area (Å²) >= 11 is 0. The summed E-state index contributed by atoms with van der Waals surface area (Å²) in [5.41, 5.74) is 1.92. The van der Waals surface area contributed by atoms with E-state index in [2.05, 4.69) is 46.0 Å². The second-order valence-corrected chi connectivity index (χ2v) is 7.86. The molecule has 140 valence electrons. The highest BCUT2D eigenvalue weighted by Gasteiger charge is 2.22. The highest BCUT2D eigenvalue weighted by molar-refractivity contribution is 5.57. The van der Waals surface area contributed by atoms with Gasteiger partial charge in [0.25, 0.3) is 0 Å². The van der Waals surface area contributed by atoms with E-state index >= 15 is 0 Å². The summed E-state index contributed by atoms with van der Waals surface area (Å²) in [7, 11) is 2.20. The van der Waals surface area contributed by atoms with Crippen molar-refractivity contribution < 1.29 is 0 Å². The molecule has 1 aliphatic rings. The van der Waals surface area contributed by atoms with Crippen LogP contribution in [-0.4, -0.2) is 70.1 Å². The Hall–Kier alpha value is -2.05. The Balaban J connectivity index is 1.64. The number of nitrogens with zero attached hydrogens (tertiary/aromatic N) is 5. The van der Waals surface area contributed by atoms with Crippen molar-refractivity contribution in [1.82, 2.24) is 24.8 Å². The van der Waals surface area contributed by atoms with Crippen LogP contribution in [0.5, 0.6) is 0 Å². The average Bonchev–Trinajstić information content (AvgIpc) is 2.61. The minimum Gasteiger partial charge on any atom is -0.365 e. The average molecular weight is 355 g/mol. The van der Waals surface area contributed by atoms with E-state index in [1.165, 1.54) is 0 Å². The van der Waals surface area contributed by atoms with E-state index in [9.17, 15) is 0 Å². The van der Waals surface area contributed by atoms with E-state index in [1.54, 1.807) is 12.4 Å². The summed E-state index contributed by atoms with van der Waals surface area (Å²) in [6.07, 6.45) is 4.62. The molecule has 0 unspecified atom stereocenters. The van der Waals surface area contributed by atoms with Crippen molar-refractivity contribution in [2.24, 2.45) is 0 Å². The number of anilines is 1. The van der Waals surface area contributed by atoms with Crippen molar-refractivity contribution in [3.63, 3.8) is 0 Å². The number of nitrogens with one attached hydrogen (secondary N) is 1. The molecule has 3 heterocycles. The summed E-state index contributed by atoms with van der Waals surface area (Å²) in [4.78, 5) is 18.3. The van der Waals surface area contributed by atoms with Gasteiger partial charge < -0.3 is 15.1 Å². The third-order valence-corrected chi connectivity index (χ3v) is 4.91. The van der Waals surface area contributed by atoms with Crippen molar-refractivity contribution in [2.45, 2.75) is 32.7 Å². The molecule has 3 rings (SSSR count). The van der Waals surface area contributed by atoms with Crippen LogP contribution in [0, 0.1) is 6.92 Å². The number of piperazine rings is 1. The van der Waals surface area contributed by atoms with Gasteiger partial charge in [0.05, 0.1) is 0 Å². The number of hydrogen-bond acceptors (Lipinski definition) is 6. The van der Waals surface area contributed by atoms with Crippen LogP contribution in [0.3, 0.4) is 0 Å². The molecule has 0 radical (unpaired) electrons. The predicted molar refractivity (Wildman–Crippen MR) is 106 cm³/mol. The van der Waals surface area contributed by atoms with Gasteiger partial charge in [0.2, 0.25) is 0 Å². The molecule has 0 aromatic carbocycles. The minimum absolute atomic E-state index is 0.0281. The fourth-order valence-corrected chi connectivity index (χ4v) is 3.18. The first-order valence-corrected chi connectivity index (χ1v) is 9.36. The maximum absolute atomic E-state index is 4.72. The van der Waals surface area contributed by atoms with Crippen LogP contribution in [0.4, 0.5) is 5.82 Å². The molecule has 1 saturated heterocycles. The molecule has 0 amide bonds. The maximum Gasteiger partial charge on any atom is 0.161 e. The third-order valence-electron chi connectivity index (χ3n) is 4.91. The van der Waals surface area contributed by atoms with E-state index in [4.69, 9.17) is 4.98 Å². The number of aryl methyl sites for hydroxylation is 1. The van der Waals surface area contributed by atoms with Crippen molar-refractivity contribution in [3.8, 4) is 11.4 Å². The number of likely N-dealkylation sites (N-methyl/N-ethyl adjacent to an activating group) is 1. The molecule has 0 atom stereocenters.